The molecule has 0 spiro atoms. The highest BCUT2D eigenvalue weighted by atomic mass is 35.5. The monoisotopic (exact) mass is 222 g/mol. The maximum atomic E-state index is 6.30. The molecule has 72 valence electrons. The summed E-state index contributed by atoms with van der Waals surface area (Å²) >= 11 is 8.07. The van der Waals surface area contributed by atoms with Crippen molar-refractivity contribution in [2.24, 2.45) is 0 Å². The molecule has 0 nitrogen and oxygen atoms in total. The summed E-state index contributed by atoms with van der Waals surface area (Å²) < 4.78 is 0. The van der Waals surface area contributed by atoms with Gasteiger partial charge in [-0.25, -0.2) is 0 Å². The van der Waals surface area contributed by atoms with Crippen molar-refractivity contribution in [3.63, 3.8) is 0 Å². The van der Waals surface area contributed by atoms with Crippen LogP contribution < -0.4 is 0 Å². The molecular weight excluding hydrogens is 212 g/mol. The number of halogens is 1. The van der Waals surface area contributed by atoms with E-state index >= 15 is 0 Å². The molecule has 1 heterocycles. The van der Waals surface area contributed by atoms with E-state index in [-0.39, 0.29) is 5.38 Å². The predicted octanol–water partition coefficient (Wildman–Crippen LogP) is 4.27. The summed E-state index contributed by atoms with van der Waals surface area (Å²) in [6.45, 7) is 0. The van der Waals surface area contributed by atoms with Crippen LogP contribution in [0.25, 0.3) is 0 Å². The number of rotatable bonds is 3. The molecule has 0 radical (unpaired) electrons. The van der Waals surface area contributed by atoms with Gasteiger partial charge in [-0.2, -0.15) is 0 Å². The number of thiophene rings is 1. The molecule has 0 aliphatic carbocycles. The van der Waals surface area contributed by atoms with Crippen LogP contribution in [-0.2, 0) is 6.42 Å². The van der Waals surface area contributed by atoms with Gasteiger partial charge in [0.05, 0.1) is 5.38 Å². The number of hydrogen-bond donors (Lipinski definition) is 0. The summed E-state index contributed by atoms with van der Waals surface area (Å²) in [5, 5.41) is 2.18. The molecule has 14 heavy (non-hydrogen) atoms. The van der Waals surface area contributed by atoms with E-state index in [4.69, 9.17) is 11.6 Å². The molecule has 0 bridgehead atoms. The minimum Gasteiger partial charge on any atom is -0.149 e. The quantitative estimate of drug-likeness (QED) is 0.681. The van der Waals surface area contributed by atoms with Gasteiger partial charge in [0.25, 0.3) is 0 Å². The Bertz CT molecular complexity index is 366. The first kappa shape index (κ1) is 9.75. The van der Waals surface area contributed by atoms with Crippen molar-refractivity contribution in [2.45, 2.75) is 11.8 Å². The summed E-state index contributed by atoms with van der Waals surface area (Å²) in [6, 6.07) is 14.4. The van der Waals surface area contributed by atoms with E-state index in [1.807, 2.05) is 18.2 Å². The summed E-state index contributed by atoms with van der Waals surface area (Å²) in [5.74, 6) is 0. The van der Waals surface area contributed by atoms with Crippen LogP contribution in [0.1, 0.15) is 15.8 Å². The maximum Gasteiger partial charge on any atom is 0.0633 e. The Morgan fingerprint density at radius 3 is 2.50 bits per heavy atom. The molecule has 0 aliphatic rings. The predicted molar refractivity (Wildman–Crippen MR) is 63.1 cm³/mol. The molecule has 1 aromatic carbocycles. The fraction of sp³-hybridized carbons (Fsp3) is 0.167. The van der Waals surface area contributed by atoms with Crippen LogP contribution in [0.15, 0.2) is 47.8 Å². The van der Waals surface area contributed by atoms with E-state index in [1.165, 1.54) is 10.4 Å². The highest BCUT2D eigenvalue weighted by Crippen LogP contribution is 2.26. The lowest BCUT2D eigenvalue weighted by molar-refractivity contribution is 0.938. The Morgan fingerprint density at radius 2 is 1.86 bits per heavy atom. The molecule has 2 heteroatoms. The second kappa shape index (κ2) is 4.63. The Labute approximate surface area is 93.2 Å². The van der Waals surface area contributed by atoms with Gasteiger partial charge >= 0.3 is 0 Å². The molecule has 2 rings (SSSR count). The Balaban J connectivity index is 2.07. The van der Waals surface area contributed by atoms with E-state index in [0.29, 0.717) is 0 Å². The van der Waals surface area contributed by atoms with E-state index in [9.17, 15) is 0 Å². The van der Waals surface area contributed by atoms with Crippen molar-refractivity contribution in [3.8, 4) is 0 Å². The zero-order valence-corrected chi connectivity index (χ0v) is 9.26. The fourth-order valence-electron chi connectivity index (χ4n) is 1.39. The first-order valence-electron chi connectivity index (χ1n) is 4.57. The van der Waals surface area contributed by atoms with Gasteiger partial charge in [-0.05, 0) is 17.0 Å². The van der Waals surface area contributed by atoms with Crippen LogP contribution >= 0.6 is 22.9 Å². The van der Waals surface area contributed by atoms with Crippen molar-refractivity contribution in [1.82, 2.24) is 0 Å². The minimum absolute atomic E-state index is 0.0925. The van der Waals surface area contributed by atoms with Crippen LogP contribution in [0, 0.1) is 0 Å². The lowest BCUT2D eigenvalue weighted by atomic mass is 10.1. The Kier molecular flexibility index (Phi) is 3.22. The third-order valence-corrected chi connectivity index (χ3v) is 3.43. The molecule has 2 aromatic rings. The summed E-state index contributed by atoms with van der Waals surface area (Å²) in [4.78, 5) is 1.34. The minimum atomic E-state index is 0.0925. The molecule has 1 unspecified atom stereocenters. The lowest BCUT2D eigenvalue weighted by Gasteiger charge is -2.07. The zero-order valence-electron chi connectivity index (χ0n) is 7.69. The van der Waals surface area contributed by atoms with Gasteiger partial charge in [0, 0.05) is 11.3 Å². The molecule has 0 aliphatic heterocycles. The maximum absolute atomic E-state index is 6.30. The van der Waals surface area contributed by atoms with Crippen LogP contribution in [0.4, 0.5) is 0 Å². The molecule has 0 fully saturated rings. The largest absolute Gasteiger partial charge is 0.149 e. The highest BCUT2D eigenvalue weighted by Gasteiger charge is 2.08. The van der Waals surface area contributed by atoms with Crippen molar-refractivity contribution >= 4 is 22.9 Å². The molecule has 0 N–H and O–H groups in total. The average molecular weight is 223 g/mol. The zero-order chi connectivity index (χ0) is 9.80. The van der Waals surface area contributed by atoms with Crippen LogP contribution in [0.2, 0.25) is 0 Å². The third-order valence-electron chi connectivity index (χ3n) is 2.12. The smallest absolute Gasteiger partial charge is 0.0633 e. The van der Waals surface area contributed by atoms with E-state index in [1.54, 1.807) is 11.3 Å². The van der Waals surface area contributed by atoms with E-state index < -0.39 is 0 Å². The second-order valence-corrected chi connectivity index (χ2v) is 4.72. The molecule has 0 saturated heterocycles. The molecule has 0 saturated carbocycles. The number of alkyl halides is 1. The second-order valence-electron chi connectivity index (χ2n) is 3.16. The number of benzene rings is 1. The lowest BCUT2D eigenvalue weighted by Crippen LogP contribution is -1.92. The van der Waals surface area contributed by atoms with Gasteiger partial charge in [-0.1, -0.05) is 36.4 Å². The van der Waals surface area contributed by atoms with Gasteiger partial charge < -0.3 is 0 Å². The standard InChI is InChI=1S/C12H11ClS/c13-12(9-11-7-4-8-14-11)10-5-2-1-3-6-10/h1-8,12H,9H2. The normalized spacial score (nSPS) is 12.6. The van der Waals surface area contributed by atoms with Crippen molar-refractivity contribution < 1.29 is 0 Å². The van der Waals surface area contributed by atoms with Crippen molar-refractivity contribution in [1.29, 1.82) is 0 Å². The highest BCUT2D eigenvalue weighted by molar-refractivity contribution is 7.09. The third kappa shape index (κ3) is 2.37. The van der Waals surface area contributed by atoms with Gasteiger partial charge in [0.15, 0.2) is 0 Å². The molecule has 1 atom stereocenters. The Hall–Kier alpha value is -0.790. The van der Waals surface area contributed by atoms with Crippen LogP contribution in [0.5, 0.6) is 0 Å². The molecular formula is C12H11ClS. The first-order chi connectivity index (χ1) is 6.86. The summed E-state index contributed by atoms with van der Waals surface area (Å²) in [5.41, 5.74) is 1.20. The van der Waals surface area contributed by atoms with E-state index in [0.717, 1.165) is 6.42 Å². The van der Waals surface area contributed by atoms with Gasteiger partial charge in [-0.3, -0.25) is 0 Å². The van der Waals surface area contributed by atoms with Crippen molar-refractivity contribution in [3.05, 3.63) is 58.3 Å². The first-order valence-corrected chi connectivity index (χ1v) is 5.89. The topological polar surface area (TPSA) is 0 Å². The van der Waals surface area contributed by atoms with Gasteiger partial charge in [0.2, 0.25) is 0 Å². The van der Waals surface area contributed by atoms with Gasteiger partial charge in [-0.15, -0.1) is 22.9 Å². The van der Waals surface area contributed by atoms with Crippen LogP contribution in [0.3, 0.4) is 0 Å². The summed E-state index contributed by atoms with van der Waals surface area (Å²) in [6.07, 6.45) is 0.920. The Morgan fingerprint density at radius 1 is 1.07 bits per heavy atom. The van der Waals surface area contributed by atoms with Gasteiger partial charge in [0.1, 0.15) is 0 Å². The molecule has 1 aromatic heterocycles. The van der Waals surface area contributed by atoms with Crippen molar-refractivity contribution in [2.75, 3.05) is 0 Å². The number of hydrogen-bond acceptors (Lipinski definition) is 1. The van der Waals surface area contributed by atoms with E-state index in [2.05, 4.69) is 29.6 Å². The molecule has 0 amide bonds. The summed E-state index contributed by atoms with van der Waals surface area (Å²) in [7, 11) is 0. The SMILES string of the molecule is ClC(Cc1cccs1)c1ccccc1. The van der Waals surface area contributed by atoms with Crippen LogP contribution in [-0.4, -0.2) is 0 Å². The fourth-order valence-corrected chi connectivity index (χ4v) is 2.54. The average Bonchev–Trinajstić information content (AvgIpc) is 2.72.